The number of Topliss-reactive ketones (excluding diaryl/α,β-unsaturated/α-hetero) is 1. The van der Waals surface area contributed by atoms with Crippen LogP contribution >= 0.6 is 0 Å². The summed E-state index contributed by atoms with van der Waals surface area (Å²) >= 11 is 0. The van der Waals surface area contributed by atoms with Gasteiger partial charge in [0.2, 0.25) is 5.91 Å². The predicted molar refractivity (Wildman–Crippen MR) is 112 cm³/mol. The zero-order valence-electron chi connectivity index (χ0n) is 17.1. The number of carbonyl (C=O) groups excluding carboxylic acids is 3. The van der Waals surface area contributed by atoms with Crippen molar-refractivity contribution >= 4 is 34.3 Å². The quantitative estimate of drug-likeness (QED) is 0.381. The first-order chi connectivity index (χ1) is 14.4. The second kappa shape index (κ2) is 7.75. The number of hydrogen-bond donors (Lipinski definition) is 4. The van der Waals surface area contributed by atoms with Crippen LogP contribution in [0.1, 0.15) is 47.8 Å². The molecule has 30 heavy (non-hydrogen) atoms. The van der Waals surface area contributed by atoms with Gasteiger partial charge in [-0.2, -0.15) is 5.10 Å². The number of para-hydroxylation sites is 1. The first kappa shape index (κ1) is 19.8. The maximum atomic E-state index is 12.9. The number of anilines is 1. The van der Waals surface area contributed by atoms with Crippen molar-refractivity contribution < 1.29 is 14.4 Å². The minimum Gasteiger partial charge on any atom is -0.358 e. The number of nitrogens with zero attached hydrogens (tertiary/aromatic N) is 2. The highest BCUT2D eigenvalue weighted by atomic mass is 16.2. The van der Waals surface area contributed by atoms with Crippen LogP contribution < -0.4 is 16.0 Å². The zero-order valence-corrected chi connectivity index (χ0v) is 17.1. The molecule has 1 aliphatic heterocycles. The average molecular weight is 408 g/mol. The summed E-state index contributed by atoms with van der Waals surface area (Å²) in [7, 11) is 0. The van der Waals surface area contributed by atoms with Crippen LogP contribution in [0.3, 0.4) is 0 Å². The van der Waals surface area contributed by atoms with Crippen LogP contribution in [0.4, 0.5) is 5.82 Å². The van der Waals surface area contributed by atoms with Gasteiger partial charge in [-0.25, -0.2) is 4.68 Å². The van der Waals surface area contributed by atoms with E-state index in [0.29, 0.717) is 34.6 Å². The van der Waals surface area contributed by atoms with Gasteiger partial charge in [0.1, 0.15) is 5.82 Å². The number of amides is 2. The predicted octanol–water partition coefficient (Wildman–Crippen LogP) is 2.15. The molecule has 0 saturated carbocycles. The molecule has 1 aliphatic rings. The summed E-state index contributed by atoms with van der Waals surface area (Å²) in [5.74, 6) is -1.17. The molecule has 3 aromatic rings. The Balaban J connectivity index is 1.60. The lowest BCUT2D eigenvalue weighted by Crippen LogP contribution is -2.53. The summed E-state index contributed by atoms with van der Waals surface area (Å²) in [6.45, 7) is 5.54. The Morgan fingerprint density at radius 3 is 2.80 bits per heavy atom. The molecule has 2 unspecified atom stereocenters. The summed E-state index contributed by atoms with van der Waals surface area (Å²) < 4.78 is 1.49. The van der Waals surface area contributed by atoms with Crippen molar-refractivity contribution in [2.45, 2.75) is 45.9 Å². The molecule has 3 heterocycles. The number of hydrogen-bond acceptors (Lipinski definition) is 5. The fourth-order valence-corrected chi connectivity index (χ4v) is 3.82. The van der Waals surface area contributed by atoms with Crippen molar-refractivity contribution in [2.75, 3.05) is 5.32 Å². The third-order valence-electron chi connectivity index (χ3n) is 5.29. The second-order valence-corrected chi connectivity index (χ2v) is 7.52. The monoisotopic (exact) mass is 408 g/mol. The summed E-state index contributed by atoms with van der Waals surface area (Å²) in [6.07, 6.45) is 0.558. The van der Waals surface area contributed by atoms with E-state index in [2.05, 4.69) is 26.0 Å². The minimum atomic E-state index is -0.766. The molecule has 2 amide bonds. The normalized spacial score (nSPS) is 19.0. The SMILES string of the molecule is CCC1CC(=O)NC(n2nc(C)cc2NC(=O)C(=O)c2c(C)[nH]c3ccccc23)N1. The average Bonchev–Trinajstić information content (AvgIpc) is 3.25. The number of nitrogens with one attached hydrogen (secondary N) is 4. The summed E-state index contributed by atoms with van der Waals surface area (Å²) in [6, 6.07) is 9.02. The summed E-state index contributed by atoms with van der Waals surface area (Å²) in [5.41, 5.74) is 2.43. The number of H-pyrrole nitrogens is 1. The van der Waals surface area contributed by atoms with Crippen LogP contribution in [0.25, 0.3) is 10.9 Å². The molecule has 9 nitrogen and oxygen atoms in total. The minimum absolute atomic E-state index is 0.00677. The van der Waals surface area contributed by atoms with Gasteiger partial charge in [0.05, 0.1) is 11.3 Å². The number of aromatic amines is 1. The molecule has 1 fully saturated rings. The van der Waals surface area contributed by atoms with Crippen molar-refractivity contribution in [2.24, 2.45) is 0 Å². The Labute approximate surface area is 173 Å². The Hall–Kier alpha value is -3.46. The number of aryl methyl sites for hydroxylation is 2. The molecule has 0 radical (unpaired) electrons. The summed E-state index contributed by atoms with van der Waals surface area (Å²) in [4.78, 5) is 40.9. The molecule has 4 N–H and O–H groups in total. The molecule has 4 rings (SSSR count). The number of fused-ring (bicyclic) bond motifs is 1. The third-order valence-corrected chi connectivity index (χ3v) is 5.29. The molecule has 156 valence electrons. The van der Waals surface area contributed by atoms with E-state index in [-0.39, 0.29) is 11.9 Å². The van der Waals surface area contributed by atoms with E-state index in [1.807, 2.05) is 25.1 Å². The zero-order chi connectivity index (χ0) is 21.4. The van der Waals surface area contributed by atoms with E-state index in [4.69, 9.17) is 0 Å². The Bertz CT molecular complexity index is 1150. The van der Waals surface area contributed by atoms with Crippen LogP contribution in [0.15, 0.2) is 30.3 Å². The van der Waals surface area contributed by atoms with Gasteiger partial charge in [-0.15, -0.1) is 0 Å². The van der Waals surface area contributed by atoms with Gasteiger partial charge >= 0.3 is 0 Å². The van der Waals surface area contributed by atoms with Crippen LogP contribution in [0, 0.1) is 13.8 Å². The molecule has 1 saturated heterocycles. The molecule has 0 bridgehead atoms. The first-order valence-electron chi connectivity index (χ1n) is 9.92. The van der Waals surface area contributed by atoms with E-state index in [1.165, 1.54) is 4.68 Å². The molecule has 2 aromatic heterocycles. The van der Waals surface area contributed by atoms with Crippen molar-refractivity contribution in [3.05, 3.63) is 47.3 Å². The van der Waals surface area contributed by atoms with Crippen LogP contribution in [0.2, 0.25) is 0 Å². The molecule has 9 heteroatoms. The van der Waals surface area contributed by atoms with Crippen molar-refractivity contribution in [1.29, 1.82) is 0 Å². The number of benzene rings is 1. The highest BCUT2D eigenvalue weighted by Gasteiger charge is 2.29. The van der Waals surface area contributed by atoms with Crippen LogP contribution in [0.5, 0.6) is 0 Å². The molecule has 1 aromatic carbocycles. The van der Waals surface area contributed by atoms with Gasteiger partial charge in [0, 0.05) is 35.1 Å². The maximum Gasteiger partial charge on any atom is 0.298 e. The topological polar surface area (TPSA) is 121 Å². The Morgan fingerprint density at radius 1 is 1.27 bits per heavy atom. The third kappa shape index (κ3) is 3.59. The van der Waals surface area contributed by atoms with Gasteiger partial charge < -0.3 is 15.6 Å². The van der Waals surface area contributed by atoms with Gasteiger partial charge in [-0.05, 0) is 26.3 Å². The molecule has 0 spiro atoms. The van der Waals surface area contributed by atoms with Crippen LogP contribution in [-0.2, 0) is 9.59 Å². The fourth-order valence-electron chi connectivity index (χ4n) is 3.82. The Morgan fingerprint density at radius 2 is 2.03 bits per heavy atom. The van der Waals surface area contributed by atoms with Crippen molar-refractivity contribution in [3.8, 4) is 0 Å². The van der Waals surface area contributed by atoms with E-state index < -0.39 is 18.0 Å². The highest BCUT2D eigenvalue weighted by molar-refractivity contribution is 6.48. The molecule has 0 aliphatic carbocycles. The van der Waals surface area contributed by atoms with Crippen molar-refractivity contribution in [1.82, 2.24) is 25.4 Å². The molecule has 2 atom stereocenters. The summed E-state index contributed by atoms with van der Waals surface area (Å²) in [5, 5.41) is 13.9. The lowest BCUT2D eigenvalue weighted by molar-refractivity contribution is -0.125. The second-order valence-electron chi connectivity index (χ2n) is 7.52. The van der Waals surface area contributed by atoms with E-state index in [0.717, 1.165) is 11.9 Å². The lowest BCUT2D eigenvalue weighted by atomic mass is 10.1. The largest absolute Gasteiger partial charge is 0.358 e. The first-order valence-corrected chi connectivity index (χ1v) is 9.92. The van der Waals surface area contributed by atoms with E-state index >= 15 is 0 Å². The molecular formula is C21H24N6O3. The van der Waals surface area contributed by atoms with Gasteiger partial charge in [-0.3, -0.25) is 19.7 Å². The van der Waals surface area contributed by atoms with Gasteiger partial charge in [0.15, 0.2) is 6.29 Å². The van der Waals surface area contributed by atoms with Crippen LogP contribution in [-0.4, -0.2) is 38.4 Å². The maximum absolute atomic E-state index is 12.9. The smallest absolute Gasteiger partial charge is 0.298 e. The molecular weight excluding hydrogens is 384 g/mol. The van der Waals surface area contributed by atoms with E-state index in [9.17, 15) is 14.4 Å². The van der Waals surface area contributed by atoms with Crippen molar-refractivity contribution in [3.63, 3.8) is 0 Å². The number of aromatic nitrogens is 3. The highest BCUT2D eigenvalue weighted by Crippen LogP contribution is 2.23. The lowest BCUT2D eigenvalue weighted by Gasteiger charge is -2.31. The van der Waals surface area contributed by atoms with Gasteiger partial charge in [0.25, 0.3) is 11.7 Å². The Kier molecular flexibility index (Phi) is 5.13. The standard InChI is InChI=1S/C21H24N6O3/c1-4-13-10-17(28)25-21(23-13)27-16(9-11(2)26-27)24-20(30)19(29)18-12(3)22-15-8-6-5-7-14(15)18/h5-9,13,21-23H,4,10H2,1-3H3,(H,24,30)(H,25,28). The number of carbonyl (C=O) groups is 3. The van der Waals surface area contributed by atoms with Gasteiger partial charge in [-0.1, -0.05) is 25.1 Å². The number of rotatable bonds is 5. The van der Waals surface area contributed by atoms with E-state index in [1.54, 1.807) is 26.0 Å². The fraction of sp³-hybridized carbons (Fsp3) is 0.333. The number of ketones is 1.